The second-order valence-corrected chi connectivity index (χ2v) is 3.84. The first-order chi connectivity index (χ1) is 6.61. The second-order valence-electron chi connectivity index (χ2n) is 3.05. The first-order valence-corrected chi connectivity index (χ1v) is 5.81. The Morgan fingerprint density at radius 3 is 2.50 bits per heavy atom. The third kappa shape index (κ3) is 5.96. The molecule has 0 heterocycles. The van der Waals surface area contributed by atoms with Crippen LogP contribution in [-0.2, 0) is 9.59 Å². The summed E-state index contributed by atoms with van der Waals surface area (Å²) in [5, 5.41) is 6.01. The zero-order chi connectivity index (χ0) is 11.0. The van der Waals surface area contributed by atoms with E-state index < -0.39 is 6.04 Å². The molecule has 1 atom stereocenters. The summed E-state index contributed by atoms with van der Waals surface area (Å²) >= 11 is 3.29. The molecule has 0 rings (SSSR count). The number of halogens is 1. The van der Waals surface area contributed by atoms with Crippen LogP contribution in [0.25, 0.3) is 0 Å². The molecule has 0 saturated heterocycles. The van der Waals surface area contributed by atoms with Gasteiger partial charge in [-0.15, -0.1) is 0 Å². The van der Waals surface area contributed by atoms with Crippen molar-refractivity contribution in [3.63, 3.8) is 0 Å². The van der Waals surface area contributed by atoms with Gasteiger partial charge in [0.1, 0.15) is 6.04 Å². The smallest absolute Gasteiger partial charge is 0.242 e. The number of nitrogens with one attached hydrogen (secondary N) is 2. The van der Waals surface area contributed by atoms with Gasteiger partial charge in [-0.2, -0.15) is 0 Å². The molecular formula is C9H17BrN2O2. The van der Waals surface area contributed by atoms with Crippen LogP contribution in [0.2, 0.25) is 0 Å². The first-order valence-electron chi connectivity index (χ1n) is 4.68. The summed E-state index contributed by atoms with van der Waals surface area (Å²) in [6, 6.07) is -0.448. The largest absolute Gasteiger partial charge is 0.357 e. The highest BCUT2D eigenvalue weighted by molar-refractivity contribution is 9.09. The quantitative estimate of drug-likeness (QED) is 0.551. The third-order valence-electron chi connectivity index (χ3n) is 1.80. The van der Waals surface area contributed by atoms with Gasteiger partial charge in [-0.25, -0.2) is 0 Å². The lowest BCUT2D eigenvalue weighted by atomic mass is 10.2. The van der Waals surface area contributed by atoms with Gasteiger partial charge < -0.3 is 10.6 Å². The van der Waals surface area contributed by atoms with E-state index in [2.05, 4.69) is 26.6 Å². The average Bonchev–Trinajstić information content (AvgIpc) is 2.16. The van der Waals surface area contributed by atoms with Gasteiger partial charge in [0.15, 0.2) is 0 Å². The molecule has 2 amide bonds. The van der Waals surface area contributed by atoms with Gasteiger partial charge in [-0.3, -0.25) is 9.59 Å². The molecule has 14 heavy (non-hydrogen) atoms. The Bertz CT molecular complexity index is 197. The highest BCUT2D eigenvalue weighted by atomic mass is 79.9. The van der Waals surface area contributed by atoms with Crippen molar-refractivity contribution in [3.8, 4) is 0 Å². The number of unbranched alkanes of at least 4 members (excludes halogenated alkanes) is 1. The maximum absolute atomic E-state index is 11.2. The van der Waals surface area contributed by atoms with E-state index in [0.29, 0.717) is 6.42 Å². The van der Waals surface area contributed by atoms with Crippen molar-refractivity contribution in [1.82, 2.24) is 10.6 Å². The summed E-state index contributed by atoms with van der Waals surface area (Å²) in [4.78, 5) is 22.3. The average molecular weight is 265 g/mol. The van der Waals surface area contributed by atoms with Crippen LogP contribution in [-0.4, -0.2) is 30.2 Å². The van der Waals surface area contributed by atoms with E-state index in [4.69, 9.17) is 0 Å². The minimum atomic E-state index is -0.448. The molecule has 0 aromatic carbocycles. The standard InChI is InChI=1S/C9H17BrN2O2/c1-7(9(14)11-2)12-8(13)5-3-4-6-10/h7H,3-6H2,1-2H3,(H,11,14)(H,12,13). The molecule has 0 bridgehead atoms. The van der Waals surface area contributed by atoms with Crippen molar-refractivity contribution in [2.45, 2.75) is 32.2 Å². The summed E-state index contributed by atoms with van der Waals surface area (Å²) < 4.78 is 0. The second kappa shape index (κ2) is 7.79. The Kier molecular flexibility index (Phi) is 7.47. The van der Waals surface area contributed by atoms with Crippen LogP contribution in [0.4, 0.5) is 0 Å². The lowest BCUT2D eigenvalue weighted by Crippen LogP contribution is -2.43. The van der Waals surface area contributed by atoms with E-state index in [1.165, 1.54) is 0 Å². The van der Waals surface area contributed by atoms with Crippen LogP contribution >= 0.6 is 15.9 Å². The van der Waals surface area contributed by atoms with Crippen LogP contribution < -0.4 is 10.6 Å². The Hall–Kier alpha value is -0.580. The van der Waals surface area contributed by atoms with Crippen molar-refractivity contribution in [3.05, 3.63) is 0 Å². The molecule has 0 aliphatic carbocycles. The third-order valence-corrected chi connectivity index (χ3v) is 2.37. The summed E-state index contributed by atoms with van der Waals surface area (Å²) in [7, 11) is 1.55. The number of rotatable bonds is 6. The Balaban J connectivity index is 3.65. The van der Waals surface area contributed by atoms with Crippen molar-refractivity contribution < 1.29 is 9.59 Å². The van der Waals surface area contributed by atoms with Gasteiger partial charge >= 0.3 is 0 Å². The Labute approximate surface area is 92.9 Å². The number of amides is 2. The topological polar surface area (TPSA) is 58.2 Å². The van der Waals surface area contributed by atoms with E-state index in [9.17, 15) is 9.59 Å². The monoisotopic (exact) mass is 264 g/mol. The van der Waals surface area contributed by atoms with Crippen LogP contribution in [0.3, 0.4) is 0 Å². The van der Waals surface area contributed by atoms with Gasteiger partial charge in [0.05, 0.1) is 0 Å². The lowest BCUT2D eigenvalue weighted by Gasteiger charge is -2.11. The zero-order valence-corrected chi connectivity index (χ0v) is 10.2. The molecule has 0 radical (unpaired) electrons. The van der Waals surface area contributed by atoms with Crippen LogP contribution in [0.1, 0.15) is 26.2 Å². The fourth-order valence-corrected chi connectivity index (χ4v) is 1.37. The van der Waals surface area contributed by atoms with Crippen LogP contribution in [0, 0.1) is 0 Å². The van der Waals surface area contributed by atoms with Crippen LogP contribution in [0.5, 0.6) is 0 Å². The van der Waals surface area contributed by atoms with Gasteiger partial charge in [0.2, 0.25) is 11.8 Å². The highest BCUT2D eigenvalue weighted by Gasteiger charge is 2.12. The van der Waals surface area contributed by atoms with Crippen LogP contribution in [0.15, 0.2) is 0 Å². The molecular weight excluding hydrogens is 248 g/mol. The zero-order valence-electron chi connectivity index (χ0n) is 8.60. The fraction of sp³-hybridized carbons (Fsp3) is 0.778. The summed E-state index contributed by atoms with van der Waals surface area (Å²) in [5.41, 5.74) is 0. The Morgan fingerprint density at radius 1 is 1.36 bits per heavy atom. The van der Waals surface area contributed by atoms with Gasteiger partial charge in [0.25, 0.3) is 0 Å². The molecule has 0 spiro atoms. The molecule has 2 N–H and O–H groups in total. The number of hydrogen-bond donors (Lipinski definition) is 2. The SMILES string of the molecule is CNC(=O)C(C)NC(=O)CCCCBr. The maximum Gasteiger partial charge on any atom is 0.242 e. The number of hydrogen-bond acceptors (Lipinski definition) is 2. The number of carbonyl (C=O) groups excluding carboxylic acids is 2. The van der Waals surface area contributed by atoms with Gasteiger partial charge in [-0.05, 0) is 19.8 Å². The van der Waals surface area contributed by atoms with Crippen molar-refractivity contribution in [1.29, 1.82) is 0 Å². The molecule has 0 fully saturated rings. The minimum absolute atomic E-state index is 0.0675. The Morgan fingerprint density at radius 2 is 2.00 bits per heavy atom. The lowest BCUT2D eigenvalue weighted by molar-refractivity contribution is -0.128. The first kappa shape index (κ1) is 13.4. The number of alkyl halides is 1. The molecule has 4 nitrogen and oxygen atoms in total. The number of carbonyl (C=O) groups is 2. The maximum atomic E-state index is 11.2. The summed E-state index contributed by atoms with van der Waals surface area (Å²) in [6.45, 7) is 1.67. The molecule has 0 saturated carbocycles. The van der Waals surface area contributed by atoms with E-state index in [0.717, 1.165) is 18.2 Å². The molecule has 0 aromatic heterocycles. The van der Waals surface area contributed by atoms with Gasteiger partial charge in [-0.1, -0.05) is 15.9 Å². The van der Waals surface area contributed by atoms with E-state index >= 15 is 0 Å². The number of likely N-dealkylation sites (N-methyl/N-ethyl adjacent to an activating group) is 1. The van der Waals surface area contributed by atoms with Crippen molar-refractivity contribution in [2.24, 2.45) is 0 Å². The minimum Gasteiger partial charge on any atom is -0.357 e. The van der Waals surface area contributed by atoms with Gasteiger partial charge in [0, 0.05) is 18.8 Å². The van der Waals surface area contributed by atoms with Crippen molar-refractivity contribution in [2.75, 3.05) is 12.4 Å². The molecule has 0 aromatic rings. The fourth-order valence-electron chi connectivity index (χ4n) is 0.976. The molecule has 1 unspecified atom stereocenters. The normalized spacial score (nSPS) is 11.9. The molecule has 0 aliphatic heterocycles. The van der Waals surface area contributed by atoms with E-state index in [-0.39, 0.29) is 11.8 Å². The van der Waals surface area contributed by atoms with Crippen molar-refractivity contribution >= 4 is 27.7 Å². The predicted molar refractivity (Wildman–Crippen MR) is 59.3 cm³/mol. The molecule has 0 aliphatic rings. The van der Waals surface area contributed by atoms with E-state index in [1.54, 1.807) is 14.0 Å². The summed E-state index contributed by atoms with van der Waals surface area (Å²) in [6.07, 6.45) is 2.30. The summed E-state index contributed by atoms with van der Waals surface area (Å²) in [5.74, 6) is -0.235. The van der Waals surface area contributed by atoms with E-state index in [1.807, 2.05) is 0 Å². The molecule has 5 heteroatoms. The predicted octanol–water partition coefficient (Wildman–Crippen LogP) is 0.802. The molecule has 82 valence electrons. The highest BCUT2D eigenvalue weighted by Crippen LogP contribution is 1.98.